The van der Waals surface area contributed by atoms with Crippen LogP contribution in [0.1, 0.15) is 61.4 Å². The van der Waals surface area contributed by atoms with Crippen molar-refractivity contribution in [2.75, 3.05) is 0 Å². The number of Topliss-reactive ketones (excluding diaryl/α,β-unsaturated/α-hetero) is 1. The van der Waals surface area contributed by atoms with Crippen LogP contribution in [0.4, 0.5) is 0 Å². The topological polar surface area (TPSA) is 17.1 Å². The van der Waals surface area contributed by atoms with Crippen LogP contribution in [0.15, 0.2) is 35.9 Å². The number of hydrogen-bond donors (Lipinski definition) is 0. The zero-order chi connectivity index (χ0) is 12.8. The standard InChI is InChI=1S/C17H20O/c1-3-4-7-13-10-12-11-17(13,2)16(18)15-9-6-5-8-14(12)15/h5-6,8-10,12H,3-4,7,11H2,1-2H3/t12-,17-/m1/s1. The number of carbonyl (C=O) groups excluding carboxylic acids is 1. The third-order valence-electron chi connectivity index (χ3n) is 4.64. The maximum Gasteiger partial charge on any atom is 0.173 e. The lowest BCUT2D eigenvalue weighted by atomic mass is 9.69. The molecule has 2 aliphatic rings. The lowest BCUT2D eigenvalue weighted by molar-refractivity contribution is 0.0837. The van der Waals surface area contributed by atoms with Gasteiger partial charge in [-0.1, -0.05) is 49.3 Å². The number of hydrogen-bond acceptors (Lipinski definition) is 1. The van der Waals surface area contributed by atoms with Crippen LogP contribution in [0.3, 0.4) is 0 Å². The predicted octanol–water partition coefficient (Wildman–Crippen LogP) is 4.49. The Morgan fingerprint density at radius 3 is 2.89 bits per heavy atom. The minimum atomic E-state index is -0.214. The van der Waals surface area contributed by atoms with E-state index in [9.17, 15) is 4.79 Å². The number of ketones is 1. The van der Waals surface area contributed by atoms with Gasteiger partial charge in [0.25, 0.3) is 0 Å². The average Bonchev–Trinajstić information content (AvgIpc) is 2.70. The van der Waals surface area contributed by atoms with Crippen molar-refractivity contribution in [3.8, 4) is 0 Å². The van der Waals surface area contributed by atoms with Crippen LogP contribution >= 0.6 is 0 Å². The molecule has 1 nitrogen and oxygen atoms in total. The zero-order valence-corrected chi connectivity index (χ0v) is 11.2. The lowest BCUT2D eigenvalue weighted by Gasteiger charge is -2.32. The summed E-state index contributed by atoms with van der Waals surface area (Å²) in [6.07, 6.45) is 6.83. The van der Waals surface area contributed by atoms with Crippen molar-refractivity contribution in [1.29, 1.82) is 0 Å². The fraction of sp³-hybridized carbons (Fsp3) is 0.471. The lowest BCUT2D eigenvalue weighted by Crippen LogP contribution is -2.32. The molecule has 1 heteroatoms. The van der Waals surface area contributed by atoms with Gasteiger partial charge in [-0.25, -0.2) is 0 Å². The largest absolute Gasteiger partial charge is 0.293 e. The van der Waals surface area contributed by atoms with Gasteiger partial charge in [0.2, 0.25) is 0 Å². The number of carbonyl (C=O) groups is 1. The van der Waals surface area contributed by atoms with Crippen molar-refractivity contribution >= 4 is 5.78 Å². The second kappa shape index (κ2) is 4.08. The van der Waals surface area contributed by atoms with Crippen molar-refractivity contribution < 1.29 is 4.79 Å². The number of unbranched alkanes of at least 4 members (excludes halogenated alkanes) is 1. The van der Waals surface area contributed by atoms with Gasteiger partial charge in [-0.3, -0.25) is 4.79 Å². The Labute approximate surface area is 109 Å². The summed E-state index contributed by atoms with van der Waals surface area (Å²) in [4.78, 5) is 12.7. The Morgan fingerprint density at radius 1 is 1.33 bits per heavy atom. The second-order valence-electron chi connectivity index (χ2n) is 5.85. The number of fused-ring (bicyclic) bond motifs is 4. The normalized spacial score (nSPS) is 29.1. The third kappa shape index (κ3) is 1.50. The summed E-state index contributed by atoms with van der Waals surface area (Å²) < 4.78 is 0. The summed E-state index contributed by atoms with van der Waals surface area (Å²) in [5.41, 5.74) is 3.37. The minimum absolute atomic E-state index is 0.214. The molecule has 0 N–H and O–H groups in total. The van der Waals surface area contributed by atoms with Gasteiger partial charge in [0, 0.05) is 11.5 Å². The smallest absolute Gasteiger partial charge is 0.173 e. The Balaban J connectivity index is 2.04. The maximum atomic E-state index is 12.7. The summed E-state index contributed by atoms with van der Waals surface area (Å²) in [5, 5.41) is 0. The van der Waals surface area contributed by atoms with Crippen LogP contribution in [0, 0.1) is 5.41 Å². The molecule has 0 unspecified atom stereocenters. The minimum Gasteiger partial charge on any atom is -0.293 e. The highest BCUT2D eigenvalue weighted by molar-refractivity contribution is 6.05. The van der Waals surface area contributed by atoms with Gasteiger partial charge in [-0.2, -0.15) is 0 Å². The van der Waals surface area contributed by atoms with Crippen molar-refractivity contribution in [2.45, 2.75) is 45.4 Å². The van der Waals surface area contributed by atoms with E-state index in [1.807, 2.05) is 18.2 Å². The fourth-order valence-electron chi connectivity index (χ4n) is 3.55. The molecule has 2 atom stereocenters. The van der Waals surface area contributed by atoms with Crippen LogP contribution in [0.5, 0.6) is 0 Å². The molecule has 0 aromatic heterocycles. The van der Waals surface area contributed by atoms with E-state index in [2.05, 4.69) is 26.0 Å². The number of rotatable bonds is 3. The highest BCUT2D eigenvalue weighted by atomic mass is 16.1. The van der Waals surface area contributed by atoms with Crippen molar-refractivity contribution in [3.05, 3.63) is 47.0 Å². The Morgan fingerprint density at radius 2 is 2.11 bits per heavy atom. The van der Waals surface area contributed by atoms with E-state index in [1.54, 1.807) is 0 Å². The average molecular weight is 240 g/mol. The van der Waals surface area contributed by atoms with E-state index in [0.29, 0.717) is 11.7 Å². The van der Waals surface area contributed by atoms with Crippen LogP contribution < -0.4 is 0 Å². The SMILES string of the molecule is CCCCC1=C[C@@H]2C[C@@]1(C)C(=O)c1ccccc12. The molecule has 2 aliphatic carbocycles. The summed E-state index contributed by atoms with van der Waals surface area (Å²) >= 11 is 0. The van der Waals surface area contributed by atoms with Gasteiger partial charge in [0.05, 0.1) is 5.41 Å². The molecule has 94 valence electrons. The van der Waals surface area contributed by atoms with Gasteiger partial charge < -0.3 is 0 Å². The molecule has 0 saturated carbocycles. The molecular formula is C17H20O. The molecular weight excluding hydrogens is 220 g/mol. The fourth-order valence-corrected chi connectivity index (χ4v) is 3.55. The van der Waals surface area contributed by atoms with Gasteiger partial charge in [0.15, 0.2) is 5.78 Å². The van der Waals surface area contributed by atoms with E-state index in [1.165, 1.54) is 24.0 Å². The predicted molar refractivity (Wildman–Crippen MR) is 73.8 cm³/mol. The van der Waals surface area contributed by atoms with Crippen LogP contribution in [0.25, 0.3) is 0 Å². The van der Waals surface area contributed by atoms with Crippen LogP contribution in [-0.4, -0.2) is 5.78 Å². The van der Waals surface area contributed by atoms with Gasteiger partial charge >= 0.3 is 0 Å². The first-order valence-electron chi connectivity index (χ1n) is 7.01. The van der Waals surface area contributed by atoms with Gasteiger partial charge in [-0.15, -0.1) is 0 Å². The first kappa shape index (κ1) is 11.7. The molecule has 18 heavy (non-hydrogen) atoms. The molecule has 0 heterocycles. The van der Waals surface area contributed by atoms with Crippen molar-refractivity contribution in [3.63, 3.8) is 0 Å². The Hall–Kier alpha value is -1.37. The van der Waals surface area contributed by atoms with E-state index in [-0.39, 0.29) is 5.41 Å². The maximum absolute atomic E-state index is 12.7. The highest BCUT2D eigenvalue weighted by Gasteiger charge is 2.48. The first-order valence-corrected chi connectivity index (χ1v) is 7.01. The quantitative estimate of drug-likeness (QED) is 0.711. The molecule has 0 spiro atoms. The highest BCUT2D eigenvalue weighted by Crippen LogP contribution is 2.54. The molecule has 1 aromatic carbocycles. The molecule has 0 radical (unpaired) electrons. The van der Waals surface area contributed by atoms with E-state index < -0.39 is 0 Å². The van der Waals surface area contributed by atoms with Crippen LogP contribution in [-0.2, 0) is 0 Å². The van der Waals surface area contributed by atoms with Crippen molar-refractivity contribution in [1.82, 2.24) is 0 Å². The zero-order valence-electron chi connectivity index (χ0n) is 11.2. The third-order valence-corrected chi connectivity index (χ3v) is 4.64. The second-order valence-corrected chi connectivity index (χ2v) is 5.85. The van der Waals surface area contributed by atoms with E-state index >= 15 is 0 Å². The summed E-state index contributed by atoms with van der Waals surface area (Å²) in [5.74, 6) is 0.810. The molecule has 0 amide bonds. The van der Waals surface area contributed by atoms with Gasteiger partial charge in [0.1, 0.15) is 0 Å². The Bertz CT molecular complexity index is 526. The number of benzene rings is 1. The number of allylic oxidation sites excluding steroid dienone is 2. The van der Waals surface area contributed by atoms with Gasteiger partial charge in [-0.05, 0) is 31.7 Å². The summed E-state index contributed by atoms with van der Waals surface area (Å²) in [6.45, 7) is 4.35. The van der Waals surface area contributed by atoms with Crippen LogP contribution in [0.2, 0.25) is 0 Å². The molecule has 1 aromatic rings. The molecule has 2 bridgehead atoms. The molecule has 0 aliphatic heterocycles. The molecule has 0 fully saturated rings. The molecule has 0 saturated heterocycles. The summed E-state index contributed by atoms with van der Waals surface area (Å²) in [6, 6.07) is 8.15. The Kier molecular flexibility index (Phi) is 2.65. The first-order chi connectivity index (χ1) is 8.66. The summed E-state index contributed by atoms with van der Waals surface area (Å²) in [7, 11) is 0. The van der Waals surface area contributed by atoms with Crippen molar-refractivity contribution in [2.24, 2.45) is 5.41 Å². The molecule has 3 rings (SSSR count). The van der Waals surface area contributed by atoms with E-state index in [0.717, 1.165) is 18.4 Å². The monoisotopic (exact) mass is 240 g/mol. The van der Waals surface area contributed by atoms with E-state index in [4.69, 9.17) is 0 Å².